The Bertz CT molecular complexity index is 961. The molecule has 0 fully saturated rings. The molecule has 0 saturated carbocycles. The first-order valence-corrected chi connectivity index (χ1v) is 8.36. The van der Waals surface area contributed by atoms with Gasteiger partial charge in [-0.1, -0.05) is 41.9 Å². The maximum atomic E-state index is 10.6. The highest BCUT2D eigenvalue weighted by molar-refractivity contribution is 6.31. The SMILES string of the molecule is O=[N+]([O-])c1ccc(N/N=C\c2ccccc2OCc2ccccc2Cl)nc1. The van der Waals surface area contributed by atoms with Gasteiger partial charge in [-0.25, -0.2) is 4.98 Å². The van der Waals surface area contributed by atoms with Crippen LogP contribution in [-0.2, 0) is 6.61 Å². The van der Waals surface area contributed by atoms with Crippen molar-refractivity contribution in [2.45, 2.75) is 6.61 Å². The Labute approximate surface area is 160 Å². The van der Waals surface area contributed by atoms with E-state index in [1.165, 1.54) is 18.3 Å². The van der Waals surface area contributed by atoms with Gasteiger partial charge in [0.1, 0.15) is 24.4 Å². The maximum Gasteiger partial charge on any atom is 0.287 e. The molecule has 1 aromatic heterocycles. The molecule has 1 N–H and O–H groups in total. The topological polar surface area (TPSA) is 89.7 Å². The van der Waals surface area contributed by atoms with Crippen molar-refractivity contribution in [3.8, 4) is 5.75 Å². The minimum absolute atomic E-state index is 0.0807. The molecule has 136 valence electrons. The van der Waals surface area contributed by atoms with Crippen LogP contribution >= 0.6 is 11.6 Å². The minimum atomic E-state index is -0.507. The summed E-state index contributed by atoms with van der Waals surface area (Å²) >= 11 is 6.15. The van der Waals surface area contributed by atoms with Crippen LogP contribution in [0.15, 0.2) is 72.0 Å². The smallest absolute Gasteiger partial charge is 0.287 e. The van der Waals surface area contributed by atoms with Gasteiger partial charge in [0, 0.05) is 22.2 Å². The van der Waals surface area contributed by atoms with E-state index in [9.17, 15) is 10.1 Å². The number of nitro groups is 1. The summed E-state index contributed by atoms with van der Waals surface area (Å²) < 4.78 is 5.85. The highest BCUT2D eigenvalue weighted by atomic mass is 35.5. The van der Waals surface area contributed by atoms with Gasteiger partial charge in [-0.3, -0.25) is 15.5 Å². The third kappa shape index (κ3) is 5.02. The van der Waals surface area contributed by atoms with E-state index in [1.807, 2.05) is 48.5 Å². The molecular formula is C19H15ClN4O3. The van der Waals surface area contributed by atoms with Crippen molar-refractivity contribution >= 4 is 29.3 Å². The van der Waals surface area contributed by atoms with Gasteiger partial charge >= 0.3 is 0 Å². The molecule has 8 heteroatoms. The molecule has 7 nitrogen and oxygen atoms in total. The molecule has 0 radical (unpaired) electrons. The van der Waals surface area contributed by atoms with Crippen LogP contribution in [0.25, 0.3) is 0 Å². The molecule has 0 saturated heterocycles. The lowest BCUT2D eigenvalue weighted by molar-refractivity contribution is -0.385. The fraction of sp³-hybridized carbons (Fsp3) is 0.0526. The fourth-order valence-electron chi connectivity index (χ4n) is 2.22. The first-order valence-electron chi connectivity index (χ1n) is 7.98. The van der Waals surface area contributed by atoms with E-state index >= 15 is 0 Å². The highest BCUT2D eigenvalue weighted by Crippen LogP contribution is 2.21. The number of rotatable bonds is 7. The molecule has 3 aromatic rings. The van der Waals surface area contributed by atoms with Crippen LogP contribution in [0.4, 0.5) is 11.5 Å². The van der Waals surface area contributed by atoms with Gasteiger partial charge in [0.05, 0.1) is 11.1 Å². The number of ether oxygens (including phenoxy) is 1. The predicted octanol–water partition coefficient (Wildman–Crippen LogP) is 4.67. The zero-order valence-corrected chi connectivity index (χ0v) is 14.8. The van der Waals surface area contributed by atoms with Crippen LogP contribution < -0.4 is 10.2 Å². The average molecular weight is 383 g/mol. The lowest BCUT2D eigenvalue weighted by Crippen LogP contribution is -2.00. The summed E-state index contributed by atoms with van der Waals surface area (Å²) in [5.74, 6) is 1.05. The fourth-order valence-corrected chi connectivity index (χ4v) is 2.41. The van der Waals surface area contributed by atoms with Gasteiger partial charge in [0.25, 0.3) is 5.69 Å². The van der Waals surface area contributed by atoms with Crippen molar-refractivity contribution in [2.75, 3.05) is 5.43 Å². The Morgan fingerprint density at radius 1 is 1.15 bits per heavy atom. The molecule has 27 heavy (non-hydrogen) atoms. The summed E-state index contributed by atoms with van der Waals surface area (Å²) in [5, 5.41) is 15.4. The number of halogens is 1. The van der Waals surface area contributed by atoms with E-state index in [0.717, 1.165) is 11.1 Å². The molecule has 0 atom stereocenters. The quantitative estimate of drug-likeness (QED) is 0.364. The molecular weight excluding hydrogens is 368 g/mol. The number of nitrogens with one attached hydrogen (secondary N) is 1. The van der Waals surface area contributed by atoms with Gasteiger partial charge in [0.15, 0.2) is 0 Å². The third-order valence-electron chi connectivity index (χ3n) is 3.60. The van der Waals surface area contributed by atoms with Crippen LogP contribution in [0.3, 0.4) is 0 Å². The molecule has 0 bridgehead atoms. The summed E-state index contributed by atoms with van der Waals surface area (Å²) in [5.41, 5.74) is 4.30. The number of hydrogen-bond acceptors (Lipinski definition) is 6. The van der Waals surface area contributed by atoms with Gasteiger partial charge in [-0.15, -0.1) is 0 Å². The third-order valence-corrected chi connectivity index (χ3v) is 3.97. The summed E-state index contributed by atoms with van der Waals surface area (Å²) in [6.45, 7) is 0.335. The van der Waals surface area contributed by atoms with Crippen molar-refractivity contribution in [3.05, 3.63) is 93.1 Å². The molecule has 1 heterocycles. The summed E-state index contributed by atoms with van der Waals surface area (Å²) in [7, 11) is 0. The van der Waals surface area contributed by atoms with Gasteiger partial charge < -0.3 is 4.74 Å². The maximum absolute atomic E-state index is 10.6. The van der Waals surface area contributed by atoms with Crippen molar-refractivity contribution in [2.24, 2.45) is 5.10 Å². The molecule has 3 rings (SSSR count). The largest absolute Gasteiger partial charge is 0.488 e. The van der Waals surface area contributed by atoms with Crippen molar-refractivity contribution < 1.29 is 9.66 Å². The van der Waals surface area contributed by atoms with Gasteiger partial charge in [-0.2, -0.15) is 5.10 Å². The Balaban J connectivity index is 1.65. The first-order chi connectivity index (χ1) is 13.1. The molecule has 0 spiro atoms. The number of hydrazone groups is 1. The highest BCUT2D eigenvalue weighted by Gasteiger charge is 2.05. The second-order valence-electron chi connectivity index (χ2n) is 5.45. The van der Waals surface area contributed by atoms with E-state index in [0.29, 0.717) is 23.2 Å². The number of hydrogen-bond donors (Lipinski definition) is 1. The van der Waals surface area contributed by atoms with Crippen molar-refractivity contribution in [3.63, 3.8) is 0 Å². The van der Waals surface area contributed by atoms with E-state index < -0.39 is 4.92 Å². The lowest BCUT2D eigenvalue weighted by Gasteiger charge is -2.10. The number of anilines is 1. The number of aromatic nitrogens is 1. The standard InChI is InChI=1S/C19H15ClN4O3/c20-17-7-3-1-6-15(17)13-27-18-8-4-2-5-14(18)11-22-23-19-10-9-16(12-21-19)24(25)26/h1-12H,13H2,(H,21,23)/b22-11-. The van der Waals surface area contributed by atoms with Crippen molar-refractivity contribution in [1.29, 1.82) is 0 Å². The molecule has 0 unspecified atom stereocenters. The van der Waals surface area contributed by atoms with E-state index in [-0.39, 0.29) is 5.69 Å². The Morgan fingerprint density at radius 2 is 1.93 bits per heavy atom. The van der Waals surface area contributed by atoms with Crippen LogP contribution in [0.2, 0.25) is 5.02 Å². The Kier molecular flexibility index (Phi) is 5.96. The average Bonchev–Trinajstić information content (AvgIpc) is 2.69. The van der Waals surface area contributed by atoms with Crippen molar-refractivity contribution in [1.82, 2.24) is 4.98 Å². The van der Waals surface area contributed by atoms with Crippen LogP contribution in [0.1, 0.15) is 11.1 Å². The molecule has 0 amide bonds. The minimum Gasteiger partial charge on any atom is -0.488 e. The number of pyridine rings is 1. The molecule has 0 aliphatic carbocycles. The first kappa shape index (κ1) is 18.3. The normalized spacial score (nSPS) is 10.7. The monoisotopic (exact) mass is 382 g/mol. The predicted molar refractivity (Wildman–Crippen MR) is 104 cm³/mol. The van der Waals surface area contributed by atoms with Crippen LogP contribution in [0, 0.1) is 10.1 Å². The number of para-hydroxylation sites is 1. The van der Waals surface area contributed by atoms with E-state index in [2.05, 4.69) is 15.5 Å². The van der Waals surface area contributed by atoms with Gasteiger partial charge in [0.2, 0.25) is 0 Å². The Hall–Kier alpha value is -3.45. The second-order valence-corrected chi connectivity index (χ2v) is 5.85. The number of benzene rings is 2. The van der Waals surface area contributed by atoms with E-state index in [4.69, 9.17) is 16.3 Å². The molecule has 0 aliphatic rings. The van der Waals surface area contributed by atoms with Gasteiger partial charge in [-0.05, 0) is 24.3 Å². The lowest BCUT2D eigenvalue weighted by atomic mass is 10.2. The summed E-state index contributed by atoms with van der Waals surface area (Å²) in [6.07, 6.45) is 2.75. The van der Waals surface area contributed by atoms with Crippen LogP contribution in [-0.4, -0.2) is 16.1 Å². The molecule has 2 aromatic carbocycles. The van der Waals surface area contributed by atoms with E-state index in [1.54, 1.807) is 6.21 Å². The second kappa shape index (κ2) is 8.77. The summed E-state index contributed by atoms with van der Waals surface area (Å²) in [4.78, 5) is 14.0. The van der Waals surface area contributed by atoms with Crippen LogP contribution in [0.5, 0.6) is 5.75 Å². The Morgan fingerprint density at radius 3 is 2.67 bits per heavy atom. The zero-order valence-electron chi connectivity index (χ0n) is 14.1. The number of nitrogens with zero attached hydrogens (tertiary/aromatic N) is 3. The zero-order chi connectivity index (χ0) is 19.1. The molecule has 0 aliphatic heterocycles. The summed E-state index contributed by atoms with van der Waals surface area (Å²) in [6, 6.07) is 17.7.